The SMILES string of the molecule is CN1CCC2c3cc(O)ccc3CC1C2N(C)C(=O)Nc1nc2ccc(F)cc2s1. The van der Waals surface area contributed by atoms with Gasteiger partial charge in [0.2, 0.25) is 0 Å². The van der Waals surface area contributed by atoms with E-state index in [4.69, 9.17) is 0 Å². The topological polar surface area (TPSA) is 68.7 Å². The molecule has 0 saturated carbocycles. The monoisotopic (exact) mass is 426 g/mol. The molecule has 8 heteroatoms. The standard InChI is InChI=1S/C22H23FN4O2S/c1-26-8-7-15-16-11-14(28)5-3-12(16)9-18(26)20(15)27(2)22(29)25-21-24-17-6-4-13(23)10-19(17)30-21/h3-6,10-11,15,18,20,28H,7-9H2,1-2H3,(H,24,25,29). The Bertz CT molecular complexity index is 1130. The third-order valence-corrected chi connectivity index (χ3v) is 7.39. The normalized spacial score (nSPS) is 23.2. The van der Waals surface area contributed by atoms with Gasteiger partial charge >= 0.3 is 6.03 Å². The molecule has 2 heterocycles. The second kappa shape index (κ2) is 7.21. The molecule has 0 radical (unpaired) electrons. The fraction of sp³-hybridized carbons (Fsp3) is 0.364. The van der Waals surface area contributed by atoms with E-state index in [-0.39, 0.29) is 35.6 Å². The smallest absolute Gasteiger partial charge is 0.323 e. The first-order chi connectivity index (χ1) is 14.4. The molecule has 1 fully saturated rings. The lowest BCUT2D eigenvalue weighted by molar-refractivity contribution is 0.0628. The minimum atomic E-state index is -0.318. The number of phenolic OH excluding ortho intramolecular Hbond substituents is 1. The number of thiazole rings is 1. The van der Waals surface area contributed by atoms with Crippen LogP contribution in [0.2, 0.25) is 0 Å². The number of hydrogen-bond donors (Lipinski definition) is 2. The number of anilines is 1. The summed E-state index contributed by atoms with van der Waals surface area (Å²) in [4.78, 5) is 21.6. The first-order valence-electron chi connectivity index (χ1n) is 10.0. The van der Waals surface area contributed by atoms with E-state index in [1.54, 1.807) is 17.0 Å². The number of likely N-dealkylation sites (tertiary alicyclic amines) is 1. The van der Waals surface area contributed by atoms with Gasteiger partial charge in [-0.05, 0) is 67.9 Å². The number of fused-ring (bicyclic) bond motifs is 5. The van der Waals surface area contributed by atoms with Crippen LogP contribution in [0.1, 0.15) is 23.5 Å². The maximum absolute atomic E-state index is 13.5. The maximum atomic E-state index is 13.5. The van der Waals surface area contributed by atoms with E-state index in [0.717, 1.165) is 24.9 Å². The van der Waals surface area contributed by atoms with Crippen molar-refractivity contribution in [2.75, 3.05) is 26.0 Å². The molecule has 156 valence electrons. The van der Waals surface area contributed by atoms with Gasteiger partial charge in [-0.25, -0.2) is 14.2 Å². The molecule has 2 bridgehead atoms. The van der Waals surface area contributed by atoms with Crippen LogP contribution in [0.15, 0.2) is 36.4 Å². The first-order valence-corrected chi connectivity index (χ1v) is 10.8. The Balaban J connectivity index is 1.42. The number of amides is 2. The van der Waals surface area contributed by atoms with Crippen LogP contribution < -0.4 is 5.32 Å². The van der Waals surface area contributed by atoms with Gasteiger partial charge in [-0.1, -0.05) is 17.4 Å². The number of phenols is 1. The van der Waals surface area contributed by atoms with E-state index in [1.807, 2.05) is 19.2 Å². The van der Waals surface area contributed by atoms with E-state index in [1.165, 1.54) is 29.0 Å². The zero-order valence-electron chi connectivity index (χ0n) is 16.8. The van der Waals surface area contributed by atoms with Gasteiger partial charge in [-0.15, -0.1) is 0 Å². The van der Waals surface area contributed by atoms with Crippen molar-refractivity contribution in [1.29, 1.82) is 0 Å². The Morgan fingerprint density at radius 1 is 1.33 bits per heavy atom. The molecule has 5 rings (SSSR count). The first kappa shape index (κ1) is 19.3. The second-order valence-electron chi connectivity index (χ2n) is 8.19. The summed E-state index contributed by atoms with van der Waals surface area (Å²) in [6, 6.07) is 9.97. The summed E-state index contributed by atoms with van der Waals surface area (Å²) in [6.07, 6.45) is 1.76. The Labute approximate surface area is 177 Å². The molecular weight excluding hydrogens is 403 g/mol. The van der Waals surface area contributed by atoms with E-state index < -0.39 is 0 Å². The molecule has 3 unspecified atom stereocenters. The van der Waals surface area contributed by atoms with Gasteiger partial charge in [0, 0.05) is 19.0 Å². The number of halogens is 1. The van der Waals surface area contributed by atoms with Crippen molar-refractivity contribution in [3.8, 4) is 5.75 Å². The van der Waals surface area contributed by atoms with Crippen LogP contribution in [0.5, 0.6) is 5.75 Å². The van der Waals surface area contributed by atoms with Crippen LogP contribution in [-0.4, -0.2) is 58.6 Å². The summed E-state index contributed by atoms with van der Waals surface area (Å²) in [5.41, 5.74) is 3.05. The summed E-state index contributed by atoms with van der Waals surface area (Å²) in [6.45, 7) is 0.958. The van der Waals surface area contributed by atoms with E-state index in [0.29, 0.717) is 15.3 Å². The van der Waals surface area contributed by atoms with Gasteiger partial charge in [0.15, 0.2) is 5.13 Å². The number of nitrogens with zero attached hydrogens (tertiary/aromatic N) is 3. The Kier molecular flexibility index (Phi) is 4.63. The Hall–Kier alpha value is -2.71. The van der Waals surface area contributed by atoms with Gasteiger partial charge in [0.05, 0.1) is 16.3 Å². The molecule has 1 aromatic heterocycles. The van der Waals surface area contributed by atoms with Crippen molar-refractivity contribution in [3.63, 3.8) is 0 Å². The number of likely N-dealkylation sites (N-methyl/N-ethyl adjacent to an activating group) is 2. The predicted molar refractivity (Wildman–Crippen MR) is 116 cm³/mol. The molecule has 3 atom stereocenters. The number of aromatic hydroxyl groups is 1. The Morgan fingerprint density at radius 2 is 2.17 bits per heavy atom. The van der Waals surface area contributed by atoms with Crippen molar-refractivity contribution in [3.05, 3.63) is 53.3 Å². The highest BCUT2D eigenvalue weighted by molar-refractivity contribution is 7.22. The maximum Gasteiger partial charge on any atom is 0.323 e. The second-order valence-corrected chi connectivity index (χ2v) is 9.22. The lowest BCUT2D eigenvalue weighted by Gasteiger charge is -2.51. The Morgan fingerprint density at radius 3 is 3.00 bits per heavy atom. The quantitative estimate of drug-likeness (QED) is 0.650. The number of benzene rings is 2. The minimum absolute atomic E-state index is 0.00938. The summed E-state index contributed by atoms with van der Waals surface area (Å²) in [5, 5.41) is 13.4. The van der Waals surface area contributed by atoms with Gasteiger partial charge in [0.25, 0.3) is 0 Å². The number of carbonyl (C=O) groups is 1. The van der Waals surface area contributed by atoms with Crippen molar-refractivity contribution < 1.29 is 14.3 Å². The van der Waals surface area contributed by atoms with E-state index in [2.05, 4.69) is 22.2 Å². The van der Waals surface area contributed by atoms with Gasteiger partial charge in [0.1, 0.15) is 11.6 Å². The lowest BCUT2D eigenvalue weighted by atomic mass is 9.71. The van der Waals surface area contributed by atoms with Crippen molar-refractivity contribution in [2.45, 2.75) is 30.8 Å². The molecule has 6 nitrogen and oxygen atoms in total. The molecule has 1 saturated heterocycles. The third kappa shape index (κ3) is 3.20. The van der Waals surface area contributed by atoms with Crippen LogP contribution in [0.3, 0.4) is 0 Å². The van der Waals surface area contributed by atoms with Crippen LogP contribution in [0, 0.1) is 5.82 Å². The number of nitrogens with one attached hydrogen (secondary N) is 1. The molecule has 2 amide bonds. The van der Waals surface area contributed by atoms with Crippen molar-refractivity contribution in [1.82, 2.24) is 14.8 Å². The van der Waals surface area contributed by atoms with Gasteiger partial charge < -0.3 is 14.9 Å². The molecule has 2 aliphatic rings. The van der Waals surface area contributed by atoms with E-state index >= 15 is 0 Å². The highest BCUT2D eigenvalue weighted by atomic mass is 32.1. The van der Waals surface area contributed by atoms with Crippen molar-refractivity contribution >= 4 is 32.7 Å². The minimum Gasteiger partial charge on any atom is -0.508 e. The summed E-state index contributed by atoms with van der Waals surface area (Å²) in [5.74, 6) is 0.113. The van der Waals surface area contributed by atoms with Crippen molar-refractivity contribution in [2.24, 2.45) is 0 Å². The van der Waals surface area contributed by atoms with E-state index in [9.17, 15) is 14.3 Å². The zero-order valence-corrected chi connectivity index (χ0v) is 17.6. The lowest BCUT2D eigenvalue weighted by Crippen LogP contribution is -2.61. The molecule has 30 heavy (non-hydrogen) atoms. The van der Waals surface area contributed by atoms with Crippen LogP contribution in [0.4, 0.5) is 14.3 Å². The number of piperidine rings is 1. The fourth-order valence-electron chi connectivity index (χ4n) is 4.96. The highest BCUT2D eigenvalue weighted by Crippen LogP contribution is 2.43. The predicted octanol–water partition coefficient (Wildman–Crippen LogP) is 4.02. The largest absolute Gasteiger partial charge is 0.508 e. The molecule has 1 aliphatic heterocycles. The van der Waals surface area contributed by atoms with Gasteiger partial charge in [-0.3, -0.25) is 5.32 Å². The van der Waals surface area contributed by atoms with Crippen LogP contribution in [-0.2, 0) is 6.42 Å². The molecule has 0 spiro atoms. The number of rotatable bonds is 2. The summed E-state index contributed by atoms with van der Waals surface area (Å²) < 4.78 is 14.2. The molecule has 2 aromatic carbocycles. The molecule has 3 aromatic rings. The molecule has 2 N–H and O–H groups in total. The number of urea groups is 1. The number of hydrogen-bond acceptors (Lipinski definition) is 5. The average molecular weight is 427 g/mol. The summed E-state index contributed by atoms with van der Waals surface area (Å²) >= 11 is 1.26. The number of aromatic nitrogens is 1. The average Bonchev–Trinajstić information content (AvgIpc) is 3.11. The van der Waals surface area contributed by atoms with Crippen LogP contribution in [0.25, 0.3) is 10.2 Å². The van der Waals surface area contributed by atoms with Crippen LogP contribution >= 0.6 is 11.3 Å². The third-order valence-electron chi connectivity index (χ3n) is 6.46. The highest BCUT2D eigenvalue weighted by Gasteiger charge is 2.45. The zero-order chi connectivity index (χ0) is 21.0. The number of carbonyl (C=O) groups excluding carboxylic acids is 1. The molecular formula is C22H23FN4O2S. The fourth-order valence-corrected chi connectivity index (χ4v) is 5.84. The van der Waals surface area contributed by atoms with Gasteiger partial charge in [-0.2, -0.15) is 0 Å². The summed E-state index contributed by atoms with van der Waals surface area (Å²) in [7, 11) is 3.92. The molecule has 1 aliphatic carbocycles.